The van der Waals surface area contributed by atoms with E-state index in [0.29, 0.717) is 50.1 Å². The number of hydrogen-bond acceptors (Lipinski definition) is 9. The van der Waals surface area contributed by atoms with Gasteiger partial charge in [0.1, 0.15) is 28.9 Å². The van der Waals surface area contributed by atoms with Crippen molar-refractivity contribution in [1.82, 2.24) is 4.90 Å². The van der Waals surface area contributed by atoms with Gasteiger partial charge in [0.25, 0.3) is 0 Å². The van der Waals surface area contributed by atoms with E-state index in [1.165, 1.54) is 5.56 Å². The number of amides is 1. The maximum atomic E-state index is 14.2. The monoisotopic (exact) mass is 786 g/mol. The Hall–Kier alpha value is -4.12. The Balaban J connectivity index is 1.78. The minimum atomic E-state index is -1.35. The summed E-state index contributed by atoms with van der Waals surface area (Å²) in [4.78, 5) is 22.2. The Bertz CT molecular complexity index is 1750. The van der Waals surface area contributed by atoms with Crippen LogP contribution in [0, 0.1) is 31.6 Å². The molecule has 1 fully saturated rings. The van der Waals surface area contributed by atoms with Gasteiger partial charge in [-0.1, -0.05) is 49.2 Å². The van der Waals surface area contributed by atoms with Crippen LogP contribution in [-0.4, -0.2) is 77.3 Å². The van der Waals surface area contributed by atoms with E-state index >= 15 is 0 Å². The van der Waals surface area contributed by atoms with E-state index in [0.717, 1.165) is 53.8 Å². The van der Waals surface area contributed by atoms with E-state index in [4.69, 9.17) is 28.9 Å². The molecule has 10 nitrogen and oxygen atoms in total. The second kappa shape index (κ2) is 20.0. The number of hydrogen-bond donors (Lipinski definition) is 2. The van der Waals surface area contributed by atoms with E-state index in [1.54, 1.807) is 17.1 Å². The molecule has 10 heteroatoms. The quantitative estimate of drug-likeness (QED) is 0.0774. The van der Waals surface area contributed by atoms with Gasteiger partial charge in [0.2, 0.25) is 5.79 Å². The zero-order chi connectivity index (χ0) is 41.2. The normalized spacial score (nSPS) is 24.4. The zero-order valence-electron chi connectivity index (χ0n) is 35.1. The predicted octanol–water partition coefficient (Wildman–Crippen LogP) is 9.95. The first-order valence-corrected chi connectivity index (χ1v) is 21.0. The smallest absolute Gasteiger partial charge is 0.410 e. The average molecular weight is 787 g/mol. The molecule has 1 amide bonds. The van der Waals surface area contributed by atoms with Crippen LogP contribution in [-0.2, 0) is 14.3 Å². The van der Waals surface area contributed by atoms with Crippen molar-refractivity contribution < 1.29 is 38.8 Å². The lowest BCUT2D eigenvalue weighted by Gasteiger charge is -2.60. The number of carbonyl (C=O) groups excluding carboxylic acids is 1. The summed E-state index contributed by atoms with van der Waals surface area (Å²) in [6.45, 7) is 21.0. The van der Waals surface area contributed by atoms with Crippen molar-refractivity contribution in [3.05, 3.63) is 90.0 Å². The van der Waals surface area contributed by atoms with Crippen LogP contribution in [0.4, 0.5) is 4.79 Å². The number of fused-ring (bicyclic) bond motifs is 2. The summed E-state index contributed by atoms with van der Waals surface area (Å²) in [5, 5.41) is 24.7. The van der Waals surface area contributed by atoms with Gasteiger partial charge in [-0.2, -0.15) is 0 Å². The van der Waals surface area contributed by atoms with Crippen LogP contribution in [0.1, 0.15) is 108 Å². The molecular formula is C47H66N2O8. The largest absolute Gasteiger partial charge is 0.459 e. The summed E-state index contributed by atoms with van der Waals surface area (Å²) in [5.74, 6) is 0.386. The van der Waals surface area contributed by atoms with Gasteiger partial charge in [-0.15, -0.1) is 13.2 Å². The molecular weight excluding hydrogens is 721 g/mol. The maximum Gasteiger partial charge on any atom is 0.410 e. The second-order valence-corrected chi connectivity index (χ2v) is 16.7. The van der Waals surface area contributed by atoms with Gasteiger partial charge in [0.15, 0.2) is 0 Å². The van der Waals surface area contributed by atoms with Gasteiger partial charge < -0.3 is 34.0 Å². The summed E-state index contributed by atoms with van der Waals surface area (Å²) < 4.78 is 26.8. The number of carbonyl (C=O) groups is 1. The molecule has 6 unspecified atom stereocenters. The highest BCUT2D eigenvalue weighted by atomic mass is 16.7. The molecule has 0 bridgehead atoms. The standard InChI is InChI=1S/C47H66N2O8/c1-9-12-27-53-45(52)49(23-10-2)42-31-40(48-57-46(6,7)8)38-29-34(17-13-15-24-50)37(18-14-16-25-51)43-39-30-36(55-35-20-19-32(4)33(5)28-35)21-22-41(39)56-47(42,44(38)43)54-26-11-3/h9,11,19-22,28-30,34,37,42-44,50-51H,1,3,10,12-18,23-27,31H2,2,4-8H3. The summed E-state index contributed by atoms with van der Waals surface area (Å²) in [7, 11) is 0. The molecule has 312 valence electrons. The number of allylic oxidation sites excluding steroid dienone is 1. The fourth-order valence-electron chi connectivity index (χ4n) is 8.75. The molecule has 2 aliphatic carbocycles. The van der Waals surface area contributed by atoms with Crippen LogP contribution in [0.2, 0.25) is 0 Å². The molecule has 2 aromatic carbocycles. The number of benzene rings is 2. The molecule has 0 spiro atoms. The topological polar surface area (TPSA) is 119 Å². The van der Waals surface area contributed by atoms with Crippen LogP contribution in [0.15, 0.2) is 78.5 Å². The third-order valence-electron chi connectivity index (χ3n) is 11.4. The zero-order valence-corrected chi connectivity index (χ0v) is 35.1. The first kappa shape index (κ1) is 44.0. The minimum Gasteiger partial charge on any atom is -0.459 e. The predicted molar refractivity (Wildman–Crippen MR) is 225 cm³/mol. The number of aryl methyl sites for hydroxylation is 2. The van der Waals surface area contributed by atoms with Crippen molar-refractivity contribution in [1.29, 1.82) is 0 Å². The number of unbranched alkanes of at least 4 members (excludes halogenated alkanes) is 2. The molecule has 0 aromatic heterocycles. The average Bonchev–Trinajstić information content (AvgIpc) is 3.18. The molecule has 3 aliphatic rings. The van der Waals surface area contributed by atoms with Crippen molar-refractivity contribution in [2.24, 2.45) is 22.9 Å². The lowest BCUT2D eigenvalue weighted by atomic mass is 9.55. The molecule has 6 atom stereocenters. The Kier molecular flexibility index (Phi) is 15.5. The molecule has 0 radical (unpaired) electrons. The number of aliphatic hydroxyl groups excluding tert-OH is 2. The minimum absolute atomic E-state index is 0.0953. The van der Waals surface area contributed by atoms with Gasteiger partial charge in [-0.3, -0.25) is 4.90 Å². The number of rotatable bonds is 20. The first-order chi connectivity index (χ1) is 27.4. The Morgan fingerprint density at radius 3 is 2.39 bits per heavy atom. The molecule has 57 heavy (non-hydrogen) atoms. The summed E-state index contributed by atoms with van der Waals surface area (Å²) in [6.07, 6.45) is 11.6. The fourth-order valence-corrected chi connectivity index (χ4v) is 8.75. The van der Waals surface area contributed by atoms with Crippen LogP contribution < -0.4 is 9.47 Å². The van der Waals surface area contributed by atoms with Crippen molar-refractivity contribution in [2.45, 2.75) is 123 Å². The lowest BCUT2D eigenvalue weighted by Crippen LogP contribution is -2.70. The number of ether oxygens (including phenoxy) is 4. The third-order valence-corrected chi connectivity index (χ3v) is 11.4. The number of oxime groups is 1. The van der Waals surface area contributed by atoms with E-state index in [2.05, 4.69) is 51.3 Å². The first-order valence-electron chi connectivity index (χ1n) is 21.0. The second-order valence-electron chi connectivity index (χ2n) is 16.7. The number of nitrogens with zero attached hydrogens (tertiary/aromatic N) is 2. The van der Waals surface area contributed by atoms with Gasteiger partial charge in [0, 0.05) is 37.7 Å². The highest BCUT2D eigenvalue weighted by Crippen LogP contribution is 2.62. The third kappa shape index (κ3) is 10.3. The van der Waals surface area contributed by atoms with Crippen molar-refractivity contribution in [3.8, 4) is 17.2 Å². The molecule has 2 N–H and O–H groups in total. The van der Waals surface area contributed by atoms with Crippen LogP contribution in [0.25, 0.3) is 0 Å². The molecule has 1 heterocycles. The van der Waals surface area contributed by atoms with E-state index in [-0.39, 0.29) is 44.2 Å². The van der Waals surface area contributed by atoms with E-state index in [9.17, 15) is 15.0 Å². The Labute approximate surface area is 340 Å². The van der Waals surface area contributed by atoms with Crippen molar-refractivity contribution in [2.75, 3.05) is 33.0 Å². The Morgan fingerprint density at radius 1 is 1.00 bits per heavy atom. The summed E-state index contributed by atoms with van der Waals surface area (Å²) in [6, 6.07) is 11.5. The van der Waals surface area contributed by atoms with Gasteiger partial charge in [0.05, 0.1) is 24.8 Å². The van der Waals surface area contributed by atoms with Crippen LogP contribution in [0.3, 0.4) is 0 Å². The number of aliphatic hydroxyl groups is 2. The molecule has 0 saturated heterocycles. The van der Waals surface area contributed by atoms with Gasteiger partial charge >= 0.3 is 6.09 Å². The van der Waals surface area contributed by atoms with Crippen molar-refractivity contribution in [3.63, 3.8) is 0 Å². The SMILES string of the molecule is C=CCCOC(=O)N(CCC)C1CC(=NOC(C)(C)C)C2=CC(CCCCO)C(CCCCO)C3c4cc(Oc5ccc(C)c(C)c5)ccc4OC1(OCC=C)C23. The van der Waals surface area contributed by atoms with Crippen LogP contribution in [0.5, 0.6) is 17.2 Å². The maximum absolute atomic E-state index is 14.2. The van der Waals surface area contributed by atoms with Gasteiger partial charge in [-0.25, -0.2) is 4.79 Å². The molecule has 1 aliphatic heterocycles. The fraction of sp³-hybridized carbons (Fsp3) is 0.574. The molecule has 2 aromatic rings. The summed E-state index contributed by atoms with van der Waals surface area (Å²) in [5.41, 5.74) is 4.50. The molecule has 5 rings (SSSR count). The van der Waals surface area contributed by atoms with E-state index in [1.807, 2.05) is 45.9 Å². The highest BCUT2D eigenvalue weighted by Gasteiger charge is 2.65. The van der Waals surface area contributed by atoms with E-state index < -0.39 is 29.4 Å². The lowest BCUT2D eigenvalue weighted by molar-refractivity contribution is -0.255. The highest BCUT2D eigenvalue weighted by molar-refractivity contribution is 6.03. The summed E-state index contributed by atoms with van der Waals surface area (Å²) >= 11 is 0. The molecule has 1 saturated carbocycles. The Morgan fingerprint density at radius 2 is 1.72 bits per heavy atom. The van der Waals surface area contributed by atoms with Crippen LogP contribution >= 0.6 is 0 Å². The van der Waals surface area contributed by atoms with Gasteiger partial charge in [-0.05, 0) is 132 Å². The van der Waals surface area contributed by atoms with Crippen molar-refractivity contribution >= 4 is 11.8 Å².